The van der Waals surface area contributed by atoms with Gasteiger partial charge in [-0.1, -0.05) is 48.5 Å². The number of amides is 1. The van der Waals surface area contributed by atoms with Crippen LogP contribution >= 0.6 is 12.4 Å². The van der Waals surface area contributed by atoms with Crippen LogP contribution in [0.3, 0.4) is 0 Å². The van der Waals surface area contributed by atoms with Crippen LogP contribution in [0.4, 0.5) is 0 Å². The summed E-state index contributed by atoms with van der Waals surface area (Å²) in [5.41, 5.74) is 11.2. The normalized spacial score (nSPS) is 21.8. The molecule has 2 atom stereocenters. The zero-order chi connectivity index (χ0) is 17.2. The minimum absolute atomic E-state index is 0. The molecule has 0 aliphatic carbocycles. The molecule has 138 valence electrons. The lowest BCUT2D eigenvalue weighted by atomic mass is 9.95. The fourth-order valence-corrected chi connectivity index (χ4v) is 3.90. The minimum Gasteiger partial charge on any atom is -0.376 e. The Morgan fingerprint density at radius 2 is 1.92 bits per heavy atom. The van der Waals surface area contributed by atoms with Crippen molar-refractivity contribution < 1.29 is 9.53 Å². The lowest BCUT2D eigenvalue weighted by Gasteiger charge is -2.19. The summed E-state index contributed by atoms with van der Waals surface area (Å²) in [4.78, 5) is 14.7. The number of ether oxygens (including phenoxy) is 1. The van der Waals surface area contributed by atoms with Crippen molar-refractivity contribution in [3.05, 3.63) is 70.8 Å². The third-order valence-electron chi connectivity index (χ3n) is 5.34. The number of benzene rings is 2. The van der Waals surface area contributed by atoms with Crippen LogP contribution in [0.15, 0.2) is 48.5 Å². The van der Waals surface area contributed by atoms with Crippen molar-refractivity contribution in [2.45, 2.75) is 31.4 Å². The van der Waals surface area contributed by atoms with Crippen molar-refractivity contribution in [2.75, 3.05) is 19.7 Å². The van der Waals surface area contributed by atoms with E-state index in [9.17, 15) is 4.79 Å². The van der Waals surface area contributed by atoms with Crippen LogP contribution in [0.2, 0.25) is 0 Å². The summed E-state index contributed by atoms with van der Waals surface area (Å²) in [6.07, 6.45) is 1.39. The van der Waals surface area contributed by atoms with Gasteiger partial charge in [0.15, 0.2) is 0 Å². The summed E-state index contributed by atoms with van der Waals surface area (Å²) in [5, 5.41) is 0. The first kappa shape index (κ1) is 18.9. The van der Waals surface area contributed by atoms with Gasteiger partial charge in [0.05, 0.1) is 19.6 Å². The Kier molecular flexibility index (Phi) is 5.97. The lowest BCUT2D eigenvalue weighted by Crippen LogP contribution is -2.33. The highest BCUT2D eigenvalue weighted by molar-refractivity contribution is 5.85. The Morgan fingerprint density at radius 1 is 1.12 bits per heavy atom. The number of hydrogen-bond donors (Lipinski definition) is 1. The van der Waals surface area contributed by atoms with E-state index in [1.54, 1.807) is 0 Å². The van der Waals surface area contributed by atoms with Crippen LogP contribution in [0, 0.1) is 0 Å². The SMILES string of the molecule is Cl.N[C@@H]1CN(C(=O)Cc2ccc3c(c2)COCC3)C[C@H]1c1ccccc1. The molecule has 4 rings (SSSR count). The topological polar surface area (TPSA) is 55.6 Å². The van der Waals surface area contributed by atoms with Crippen LogP contribution in [0.5, 0.6) is 0 Å². The predicted octanol–water partition coefficient (Wildman–Crippen LogP) is 2.68. The molecule has 0 bridgehead atoms. The van der Waals surface area contributed by atoms with Crippen molar-refractivity contribution in [1.82, 2.24) is 4.90 Å². The number of carbonyl (C=O) groups excluding carboxylic acids is 1. The molecule has 2 aliphatic heterocycles. The van der Waals surface area contributed by atoms with Crippen LogP contribution in [0.25, 0.3) is 0 Å². The van der Waals surface area contributed by atoms with Crippen LogP contribution in [-0.2, 0) is 29.0 Å². The molecule has 2 aliphatic rings. The molecule has 0 unspecified atom stereocenters. The van der Waals surface area contributed by atoms with E-state index in [1.165, 1.54) is 16.7 Å². The van der Waals surface area contributed by atoms with Crippen LogP contribution in [-0.4, -0.2) is 36.5 Å². The molecule has 1 saturated heterocycles. The highest BCUT2D eigenvalue weighted by atomic mass is 35.5. The standard InChI is InChI=1S/C21H24N2O2.ClH/c22-20-13-23(12-19(20)17-4-2-1-3-5-17)21(24)11-15-6-7-16-8-9-25-14-18(16)10-15;/h1-7,10,19-20H,8-9,11-14,22H2;1H/t19-,20+;/m0./s1. The van der Waals surface area contributed by atoms with E-state index in [-0.39, 0.29) is 30.3 Å². The number of halogens is 1. The maximum Gasteiger partial charge on any atom is 0.227 e. The van der Waals surface area contributed by atoms with E-state index in [4.69, 9.17) is 10.5 Å². The number of rotatable bonds is 3. The van der Waals surface area contributed by atoms with E-state index in [0.29, 0.717) is 26.1 Å². The van der Waals surface area contributed by atoms with Crippen molar-refractivity contribution in [1.29, 1.82) is 0 Å². The highest BCUT2D eigenvalue weighted by Gasteiger charge is 2.33. The van der Waals surface area contributed by atoms with E-state index < -0.39 is 0 Å². The van der Waals surface area contributed by atoms with Crippen molar-refractivity contribution >= 4 is 18.3 Å². The second-order valence-electron chi connectivity index (χ2n) is 7.06. The zero-order valence-corrected chi connectivity index (χ0v) is 15.6. The minimum atomic E-state index is 0. The second kappa shape index (κ2) is 8.21. The van der Waals surface area contributed by atoms with Gasteiger partial charge >= 0.3 is 0 Å². The third kappa shape index (κ3) is 3.93. The second-order valence-corrected chi connectivity index (χ2v) is 7.06. The number of fused-ring (bicyclic) bond motifs is 1. The largest absolute Gasteiger partial charge is 0.376 e. The van der Waals surface area contributed by atoms with Crippen molar-refractivity contribution in [2.24, 2.45) is 5.73 Å². The average molecular weight is 373 g/mol. The number of hydrogen-bond acceptors (Lipinski definition) is 3. The summed E-state index contributed by atoms with van der Waals surface area (Å²) in [7, 11) is 0. The molecule has 2 N–H and O–H groups in total. The Bertz CT molecular complexity index is 766. The first-order valence-corrected chi connectivity index (χ1v) is 8.97. The van der Waals surface area contributed by atoms with Gasteiger partial charge in [0.1, 0.15) is 0 Å². The molecule has 0 saturated carbocycles. The van der Waals surface area contributed by atoms with Gasteiger partial charge in [0.2, 0.25) is 5.91 Å². The molecule has 4 nitrogen and oxygen atoms in total. The fourth-order valence-electron chi connectivity index (χ4n) is 3.90. The molecule has 0 aromatic heterocycles. The summed E-state index contributed by atoms with van der Waals surface area (Å²) >= 11 is 0. The van der Waals surface area contributed by atoms with Crippen LogP contribution < -0.4 is 5.73 Å². The van der Waals surface area contributed by atoms with Gasteiger partial charge in [-0.05, 0) is 28.7 Å². The van der Waals surface area contributed by atoms with Gasteiger partial charge in [0.25, 0.3) is 0 Å². The van der Waals surface area contributed by atoms with Gasteiger partial charge in [-0.15, -0.1) is 12.4 Å². The Balaban J connectivity index is 0.00000196. The maximum atomic E-state index is 12.7. The van der Waals surface area contributed by atoms with Crippen molar-refractivity contribution in [3.8, 4) is 0 Å². The Morgan fingerprint density at radius 3 is 2.73 bits per heavy atom. The number of likely N-dealkylation sites (tertiary alicyclic amines) is 1. The first-order chi connectivity index (χ1) is 12.2. The van der Waals surface area contributed by atoms with Gasteiger partial charge in [-0.2, -0.15) is 0 Å². The molecule has 2 heterocycles. The van der Waals surface area contributed by atoms with Gasteiger partial charge in [-0.3, -0.25) is 4.79 Å². The zero-order valence-electron chi connectivity index (χ0n) is 14.8. The molecule has 1 fully saturated rings. The number of nitrogens with two attached hydrogens (primary N) is 1. The van der Waals surface area contributed by atoms with E-state index in [2.05, 4.69) is 30.3 Å². The van der Waals surface area contributed by atoms with E-state index in [1.807, 2.05) is 23.1 Å². The quantitative estimate of drug-likeness (QED) is 0.901. The smallest absolute Gasteiger partial charge is 0.227 e. The Labute approximate surface area is 160 Å². The summed E-state index contributed by atoms with van der Waals surface area (Å²) in [6.45, 7) is 2.78. The van der Waals surface area contributed by atoms with Gasteiger partial charge in [0, 0.05) is 25.0 Å². The van der Waals surface area contributed by atoms with Gasteiger partial charge in [-0.25, -0.2) is 0 Å². The summed E-state index contributed by atoms with van der Waals surface area (Å²) in [5.74, 6) is 0.382. The summed E-state index contributed by atoms with van der Waals surface area (Å²) in [6, 6.07) is 16.6. The number of nitrogens with zero attached hydrogens (tertiary/aromatic N) is 1. The monoisotopic (exact) mass is 372 g/mol. The molecule has 0 radical (unpaired) electrons. The molecule has 2 aromatic carbocycles. The molecule has 5 heteroatoms. The predicted molar refractivity (Wildman–Crippen MR) is 104 cm³/mol. The number of carbonyl (C=O) groups is 1. The highest BCUT2D eigenvalue weighted by Crippen LogP contribution is 2.27. The molecular weight excluding hydrogens is 348 g/mol. The molecular formula is C21H25ClN2O2. The molecule has 0 spiro atoms. The molecule has 1 amide bonds. The lowest BCUT2D eigenvalue weighted by molar-refractivity contribution is -0.129. The van der Waals surface area contributed by atoms with Crippen LogP contribution in [0.1, 0.15) is 28.2 Å². The molecule has 2 aromatic rings. The first-order valence-electron chi connectivity index (χ1n) is 8.97. The average Bonchev–Trinajstić information content (AvgIpc) is 3.04. The van der Waals surface area contributed by atoms with E-state index in [0.717, 1.165) is 18.6 Å². The fraction of sp³-hybridized carbons (Fsp3) is 0.381. The molecule has 26 heavy (non-hydrogen) atoms. The van der Waals surface area contributed by atoms with E-state index >= 15 is 0 Å². The maximum absolute atomic E-state index is 12.7. The third-order valence-corrected chi connectivity index (χ3v) is 5.34. The Hall–Kier alpha value is -1.88. The van der Waals surface area contributed by atoms with Gasteiger partial charge < -0.3 is 15.4 Å². The van der Waals surface area contributed by atoms with Crippen molar-refractivity contribution in [3.63, 3.8) is 0 Å². The summed E-state index contributed by atoms with van der Waals surface area (Å²) < 4.78 is 5.52.